The summed E-state index contributed by atoms with van der Waals surface area (Å²) >= 11 is 0. The maximum Gasteiger partial charge on any atom is 0.315 e. The molecule has 1 atom stereocenters. The van der Waals surface area contributed by atoms with Gasteiger partial charge in [0.1, 0.15) is 0 Å². The smallest absolute Gasteiger partial charge is 0.315 e. The van der Waals surface area contributed by atoms with Crippen LogP contribution in [0.15, 0.2) is 0 Å². The third-order valence-corrected chi connectivity index (χ3v) is 1.71. The van der Waals surface area contributed by atoms with E-state index in [1.54, 1.807) is 0 Å². The molecule has 1 unspecified atom stereocenters. The van der Waals surface area contributed by atoms with Gasteiger partial charge in [-0.25, -0.2) is 4.79 Å². The van der Waals surface area contributed by atoms with Gasteiger partial charge >= 0.3 is 6.03 Å². The molecular formula is C9H14N2O. The number of hydrogen-bond acceptors (Lipinski definition) is 1. The number of terminal acetylenes is 1. The van der Waals surface area contributed by atoms with Crippen molar-refractivity contribution in [2.75, 3.05) is 0 Å². The van der Waals surface area contributed by atoms with Gasteiger partial charge in [0.2, 0.25) is 0 Å². The van der Waals surface area contributed by atoms with Crippen LogP contribution >= 0.6 is 0 Å². The molecule has 2 amide bonds. The lowest BCUT2D eigenvalue weighted by Crippen LogP contribution is -2.41. The molecule has 0 aromatic rings. The molecule has 1 aliphatic carbocycles. The summed E-state index contributed by atoms with van der Waals surface area (Å²) in [7, 11) is 0. The predicted molar refractivity (Wildman–Crippen MR) is 47.6 cm³/mol. The van der Waals surface area contributed by atoms with Crippen molar-refractivity contribution >= 4 is 6.03 Å². The molecule has 0 aromatic carbocycles. The van der Waals surface area contributed by atoms with Crippen LogP contribution in [-0.2, 0) is 0 Å². The Morgan fingerprint density at radius 2 is 2.42 bits per heavy atom. The number of rotatable bonds is 3. The first-order chi connectivity index (χ1) is 5.72. The summed E-state index contributed by atoms with van der Waals surface area (Å²) in [5.74, 6) is 2.50. The molecule has 1 rings (SSSR count). The fraction of sp³-hybridized carbons (Fsp3) is 0.667. The summed E-state index contributed by atoms with van der Waals surface area (Å²) in [6.07, 6.45) is 7.89. The third kappa shape index (κ3) is 3.29. The summed E-state index contributed by atoms with van der Waals surface area (Å²) in [5, 5.41) is 5.58. The van der Waals surface area contributed by atoms with E-state index in [1.807, 2.05) is 6.92 Å². The van der Waals surface area contributed by atoms with Crippen molar-refractivity contribution in [3.63, 3.8) is 0 Å². The van der Waals surface area contributed by atoms with Crippen LogP contribution < -0.4 is 10.6 Å². The highest BCUT2D eigenvalue weighted by Gasteiger charge is 2.23. The van der Waals surface area contributed by atoms with Crippen molar-refractivity contribution in [3.05, 3.63) is 0 Å². The molecule has 1 fully saturated rings. The van der Waals surface area contributed by atoms with Crippen molar-refractivity contribution < 1.29 is 4.79 Å². The number of hydrogen-bond donors (Lipinski definition) is 2. The van der Waals surface area contributed by atoms with Crippen molar-refractivity contribution in [1.29, 1.82) is 0 Å². The largest absolute Gasteiger partial charge is 0.335 e. The van der Waals surface area contributed by atoms with Gasteiger partial charge in [0.15, 0.2) is 0 Å². The molecule has 3 heteroatoms. The molecule has 12 heavy (non-hydrogen) atoms. The lowest BCUT2D eigenvalue weighted by atomic mass is 10.2. The summed E-state index contributed by atoms with van der Waals surface area (Å²) in [5.41, 5.74) is 0. The highest BCUT2D eigenvalue weighted by atomic mass is 16.2. The lowest BCUT2D eigenvalue weighted by molar-refractivity contribution is 0.237. The highest BCUT2D eigenvalue weighted by Crippen LogP contribution is 2.18. The maximum absolute atomic E-state index is 11.1. The first kappa shape index (κ1) is 8.92. The zero-order valence-electron chi connectivity index (χ0n) is 7.26. The second-order valence-corrected chi connectivity index (χ2v) is 3.20. The van der Waals surface area contributed by atoms with Gasteiger partial charge in [-0.05, 0) is 19.8 Å². The minimum Gasteiger partial charge on any atom is -0.335 e. The van der Waals surface area contributed by atoms with Crippen molar-refractivity contribution in [2.45, 2.75) is 38.3 Å². The summed E-state index contributed by atoms with van der Waals surface area (Å²) < 4.78 is 0. The molecule has 0 bridgehead atoms. The third-order valence-electron chi connectivity index (χ3n) is 1.71. The second-order valence-electron chi connectivity index (χ2n) is 3.20. The number of carbonyl (C=O) groups is 1. The fourth-order valence-corrected chi connectivity index (χ4v) is 0.906. The average Bonchev–Trinajstić information content (AvgIpc) is 2.71. The Morgan fingerprint density at radius 1 is 1.75 bits per heavy atom. The predicted octanol–water partition coefficient (Wildman–Crippen LogP) is 0.860. The van der Waals surface area contributed by atoms with E-state index in [9.17, 15) is 4.79 Å². The Balaban J connectivity index is 2.11. The van der Waals surface area contributed by atoms with Crippen LogP contribution in [0.1, 0.15) is 26.2 Å². The van der Waals surface area contributed by atoms with E-state index in [-0.39, 0.29) is 12.1 Å². The summed E-state index contributed by atoms with van der Waals surface area (Å²) in [6, 6.07) is 0.372. The van der Waals surface area contributed by atoms with Gasteiger partial charge in [0, 0.05) is 18.5 Å². The monoisotopic (exact) mass is 166 g/mol. The Kier molecular flexibility index (Phi) is 2.98. The standard InChI is InChI=1S/C9H14N2O/c1-3-4-7(2)10-9(12)11-8-5-6-8/h1,7-8H,4-6H2,2H3,(H2,10,11,12). The van der Waals surface area contributed by atoms with E-state index < -0.39 is 0 Å². The van der Waals surface area contributed by atoms with Gasteiger partial charge in [-0.2, -0.15) is 0 Å². The van der Waals surface area contributed by atoms with Crippen molar-refractivity contribution in [2.24, 2.45) is 0 Å². The van der Waals surface area contributed by atoms with Crippen LogP contribution in [0.3, 0.4) is 0 Å². The average molecular weight is 166 g/mol. The molecule has 0 aliphatic heterocycles. The van der Waals surface area contributed by atoms with Crippen molar-refractivity contribution in [1.82, 2.24) is 10.6 Å². The number of nitrogens with one attached hydrogen (secondary N) is 2. The van der Waals surface area contributed by atoms with E-state index in [2.05, 4.69) is 16.6 Å². The Hall–Kier alpha value is -1.17. The van der Waals surface area contributed by atoms with Crippen LogP contribution in [0.25, 0.3) is 0 Å². The van der Waals surface area contributed by atoms with E-state index in [0.29, 0.717) is 12.5 Å². The van der Waals surface area contributed by atoms with E-state index in [0.717, 1.165) is 12.8 Å². The van der Waals surface area contributed by atoms with E-state index in [1.165, 1.54) is 0 Å². The van der Waals surface area contributed by atoms with Crippen LogP contribution in [0, 0.1) is 12.3 Å². The number of urea groups is 1. The van der Waals surface area contributed by atoms with E-state index in [4.69, 9.17) is 6.42 Å². The molecule has 3 nitrogen and oxygen atoms in total. The molecule has 2 N–H and O–H groups in total. The van der Waals surface area contributed by atoms with Gasteiger partial charge in [-0.3, -0.25) is 0 Å². The fourth-order valence-electron chi connectivity index (χ4n) is 0.906. The molecule has 0 radical (unpaired) electrons. The van der Waals surface area contributed by atoms with Gasteiger partial charge < -0.3 is 10.6 Å². The molecule has 0 saturated heterocycles. The molecule has 1 saturated carbocycles. The molecule has 0 heterocycles. The van der Waals surface area contributed by atoms with E-state index >= 15 is 0 Å². The number of amides is 2. The Morgan fingerprint density at radius 3 is 2.92 bits per heavy atom. The molecular weight excluding hydrogens is 152 g/mol. The minimum atomic E-state index is -0.0970. The highest BCUT2D eigenvalue weighted by molar-refractivity contribution is 5.74. The molecule has 0 aromatic heterocycles. The van der Waals surface area contributed by atoms with Gasteiger partial charge in [0.25, 0.3) is 0 Å². The van der Waals surface area contributed by atoms with Crippen molar-refractivity contribution in [3.8, 4) is 12.3 Å². The van der Waals surface area contributed by atoms with Crippen LogP contribution in [0.4, 0.5) is 4.79 Å². The zero-order chi connectivity index (χ0) is 8.97. The number of carbonyl (C=O) groups excluding carboxylic acids is 1. The Labute approximate surface area is 72.9 Å². The Bertz CT molecular complexity index is 203. The molecule has 0 spiro atoms. The first-order valence-corrected chi connectivity index (χ1v) is 4.23. The minimum absolute atomic E-state index is 0.0637. The second kappa shape index (κ2) is 4.01. The first-order valence-electron chi connectivity index (χ1n) is 4.23. The van der Waals surface area contributed by atoms with Gasteiger partial charge in [-0.15, -0.1) is 12.3 Å². The molecule has 66 valence electrons. The maximum atomic E-state index is 11.1. The van der Waals surface area contributed by atoms with Gasteiger partial charge in [-0.1, -0.05) is 0 Å². The lowest BCUT2D eigenvalue weighted by Gasteiger charge is -2.11. The van der Waals surface area contributed by atoms with Crippen LogP contribution in [0.2, 0.25) is 0 Å². The normalized spacial score (nSPS) is 17.7. The summed E-state index contributed by atoms with van der Waals surface area (Å²) in [4.78, 5) is 11.1. The molecule has 1 aliphatic rings. The van der Waals surface area contributed by atoms with Crippen LogP contribution in [0.5, 0.6) is 0 Å². The SMILES string of the molecule is C#CCC(C)NC(=O)NC1CC1. The topological polar surface area (TPSA) is 41.1 Å². The van der Waals surface area contributed by atoms with Crippen LogP contribution in [-0.4, -0.2) is 18.1 Å². The quantitative estimate of drug-likeness (QED) is 0.600. The van der Waals surface area contributed by atoms with Gasteiger partial charge in [0.05, 0.1) is 0 Å². The summed E-state index contributed by atoms with van der Waals surface area (Å²) in [6.45, 7) is 1.90. The zero-order valence-corrected chi connectivity index (χ0v) is 7.26.